The molecule has 0 saturated carbocycles. The van der Waals surface area contributed by atoms with Gasteiger partial charge in [-0.15, -0.1) is 11.3 Å². The van der Waals surface area contributed by atoms with Gasteiger partial charge in [-0.25, -0.2) is 9.97 Å². The Morgan fingerprint density at radius 2 is 2.15 bits per heavy atom. The second-order valence-corrected chi connectivity index (χ2v) is 5.72. The first-order valence-electron chi connectivity index (χ1n) is 7.01. The van der Waals surface area contributed by atoms with Crippen molar-refractivity contribution in [1.29, 1.82) is 0 Å². The molecule has 108 valence electrons. The van der Waals surface area contributed by atoms with Crippen LogP contribution in [-0.2, 0) is 6.42 Å². The molecule has 2 N–H and O–H groups in total. The molecule has 0 bridgehead atoms. The Morgan fingerprint density at radius 1 is 1.30 bits per heavy atom. The molecule has 2 aromatic heterocycles. The third kappa shape index (κ3) is 3.90. The van der Waals surface area contributed by atoms with Crippen LogP contribution in [0.25, 0.3) is 0 Å². The number of aromatic nitrogens is 3. The minimum Gasteiger partial charge on any atom is -0.361 e. The summed E-state index contributed by atoms with van der Waals surface area (Å²) >= 11 is 1.75. The number of thiazole rings is 1. The fraction of sp³-hybridized carbons (Fsp3) is 0.500. The number of rotatable bonds is 7. The van der Waals surface area contributed by atoms with Gasteiger partial charge in [0.05, 0.1) is 6.04 Å². The van der Waals surface area contributed by atoms with Crippen LogP contribution in [0.5, 0.6) is 0 Å². The van der Waals surface area contributed by atoms with E-state index in [1.807, 2.05) is 12.3 Å². The van der Waals surface area contributed by atoms with E-state index in [0.717, 1.165) is 30.2 Å². The van der Waals surface area contributed by atoms with Gasteiger partial charge in [-0.3, -0.25) is 0 Å². The van der Waals surface area contributed by atoms with Crippen molar-refractivity contribution in [3.05, 3.63) is 28.3 Å². The van der Waals surface area contributed by atoms with Crippen molar-refractivity contribution in [1.82, 2.24) is 15.0 Å². The Labute approximate surface area is 123 Å². The van der Waals surface area contributed by atoms with Crippen LogP contribution in [0.1, 0.15) is 43.1 Å². The molecule has 6 heteroatoms. The normalized spacial score (nSPS) is 12.2. The first-order chi connectivity index (χ1) is 9.72. The average molecular weight is 291 g/mol. The maximum atomic E-state index is 4.45. The third-order valence-electron chi connectivity index (χ3n) is 2.84. The van der Waals surface area contributed by atoms with Crippen molar-refractivity contribution in [2.24, 2.45) is 0 Å². The molecule has 0 amide bonds. The van der Waals surface area contributed by atoms with E-state index in [1.54, 1.807) is 17.5 Å². The van der Waals surface area contributed by atoms with E-state index >= 15 is 0 Å². The molecule has 5 nitrogen and oxygen atoms in total. The van der Waals surface area contributed by atoms with Crippen molar-refractivity contribution in [2.45, 2.75) is 39.7 Å². The van der Waals surface area contributed by atoms with E-state index in [4.69, 9.17) is 0 Å². The number of anilines is 2. The molecule has 20 heavy (non-hydrogen) atoms. The van der Waals surface area contributed by atoms with Crippen molar-refractivity contribution in [3.8, 4) is 0 Å². The lowest BCUT2D eigenvalue weighted by atomic mass is 10.3. The number of hydrogen-bond acceptors (Lipinski definition) is 6. The lowest BCUT2D eigenvalue weighted by Crippen LogP contribution is -2.10. The van der Waals surface area contributed by atoms with E-state index < -0.39 is 0 Å². The van der Waals surface area contributed by atoms with E-state index in [2.05, 4.69) is 46.4 Å². The molecule has 0 aliphatic rings. The van der Waals surface area contributed by atoms with Gasteiger partial charge in [-0.05, 0) is 25.8 Å². The predicted molar refractivity (Wildman–Crippen MR) is 84.3 cm³/mol. The van der Waals surface area contributed by atoms with Crippen LogP contribution in [0.15, 0.2) is 18.5 Å². The highest BCUT2D eigenvalue weighted by atomic mass is 32.1. The SMILES string of the molecule is CCCNc1nccc(NC(C)c2ncc(CC)s2)n1. The highest BCUT2D eigenvalue weighted by Gasteiger charge is 2.11. The zero-order valence-electron chi connectivity index (χ0n) is 12.2. The largest absolute Gasteiger partial charge is 0.361 e. The van der Waals surface area contributed by atoms with Crippen molar-refractivity contribution in [3.63, 3.8) is 0 Å². The maximum Gasteiger partial charge on any atom is 0.224 e. The number of nitrogens with zero attached hydrogens (tertiary/aromatic N) is 3. The molecule has 0 fully saturated rings. The molecule has 0 aliphatic heterocycles. The van der Waals surface area contributed by atoms with Crippen LogP contribution in [0.4, 0.5) is 11.8 Å². The van der Waals surface area contributed by atoms with Crippen LogP contribution in [0.2, 0.25) is 0 Å². The summed E-state index contributed by atoms with van der Waals surface area (Å²) in [6, 6.07) is 2.02. The van der Waals surface area contributed by atoms with E-state index in [1.165, 1.54) is 4.88 Å². The second kappa shape index (κ2) is 7.19. The van der Waals surface area contributed by atoms with Crippen LogP contribution in [0, 0.1) is 0 Å². The first-order valence-corrected chi connectivity index (χ1v) is 7.82. The van der Waals surface area contributed by atoms with Gasteiger partial charge < -0.3 is 10.6 Å². The smallest absolute Gasteiger partial charge is 0.224 e. The van der Waals surface area contributed by atoms with Crippen molar-refractivity contribution >= 4 is 23.1 Å². The Bertz CT molecular complexity index is 540. The van der Waals surface area contributed by atoms with Gasteiger partial charge in [-0.2, -0.15) is 4.98 Å². The Hall–Kier alpha value is -1.69. The molecule has 1 unspecified atom stereocenters. The van der Waals surface area contributed by atoms with Crippen LogP contribution < -0.4 is 10.6 Å². The topological polar surface area (TPSA) is 62.7 Å². The van der Waals surface area contributed by atoms with Gasteiger partial charge in [0.15, 0.2) is 0 Å². The summed E-state index contributed by atoms with van der Waals surface area (Å²) < 4.78 is 0. The van der Waals surface area contributed by atoms with Gasteiger partial charge in [-0.1, -0.05) is 13.8 Å². The molecule has 2 rings (SSSR count). The zero-order valence-corrected chi connectivity index (χ0v) is 13.0. The molecular formula is C14H21N5S. The van der Waals surface area contributed by atoms with E-state index in [0.29, 0.717) is 5.95 Å². The van der Waals surface area contributed by atoms with Crippen LogP contribution >= 0.6 is 11.3 Å². The summed E-state index contributed by atoms with van der Waals surface area (Å²) in [5, 5.41) is 7.64. The van der Waals surface area contributed by atoms with Gasteiger partial charge in [0.2, 0.25) is 5.95 Å². The monoisotopic (exact) mass is 291 g/mol. The lowest BCUT2D eigenvalue weighted by Gasteiger charge is -2.12. The summed E-state index contributed by atoms with van der Waals surface area (Å²) in [5.74, 6) is 1.48. The maximum absolute atomic E-state index is 4.45. The van der Waals surface area contributed by atoms with Gasteiger partial charge in [0, 0.05) is 23.8 Å². The highest BCUT2D eigenvalue weighted by molar-refractivity contribution is 7.11. The summed E-state index contributed by atoms with van der Waals surface area (Å²) in [4.78, 5) is 14.4. The highest BCUT2D eigenvalue weighted by Crippen LogP contribution is 2.23. The summed E-state index contributed by atoms with van der Waals surface area (Å²) in [6.07, 6.45) is 5.80. The van der Waals surface area contributed by atoms with Crippen LogP contribution in [-0.4, -0.2) is 21.5 Å². The summed E-state index contributed by atoms with van der Waals surface area (Å²) in [7, 11) is 0. The summed E-state index contributed by atoms with van der Waals surface area (Å²) in [5.41, 5.74) is 0. The molecule has 0 aromatic carbocycles. The standard InChI is InChI=1S/C14H21N5S/c1-4-7-15-14-16-8-6-12(19-14)18-10(3)13-17-9-11(5-2)20-13/h6,8-10H,4-5,7H2,1-3H3,(H2,15,16,18,19). The Morgan fingerprint density at radius 3 is 2.85 bits per heavy atom. The second-order valence-electron chi connectivity index (χ2n) is 4.58. The fourth-order valence-electron chi connectivity index (χ4n) is 1.73. The molecule has 0 spiro atoms. The first kappa shape index (κ1) is 14.7. The number of nitrogens with one attached hydrogen (secondary N) is 2. The van der Waals surface area contributed by atoms with Gasteiger partial charge in [0.1, 0.15) is 10.8 Å². The predicted octanol–water partition coefficient (Wildman–Crippen LogP) is 3.49. The van der Waals surface area contributed by atoms with E-state index in [-0.39, 0.29) is 6.04 Å². The fourth-order valence-corrected chi connectivity index (χ4v) is 2.59. The molecule has 2 heterocycles. The third-order valence-corrected chi connectivity index (χ3v) is 4.17. The molecular weight excluding hydrogens is 270 g/mol. The minimum absolute atomic E-state index is 0.147. The van der Waals surface area contributed by atoms with Crippen molar-refractivity contribution in [2.75, 3.05) is 17.2 Å². The lowest BCUT2D eigenvalue weighted by molar-refractivity contribution is 0.857. The number of aryl methyl sites for hydroxylation is 1. The molecule has 0 saturated heterocycles. The average Bonchev–Trinajstić information content (AvgIpc) is 2.94. The zero-order chi connectivity index (χ0) is 14.4. The van der Waals surface area contributed by atoms with E-state index in [9.17, 15) is 0 Å². The Balaban J connectivity index is 2.01. The minimum atomic E-state index is 0.147. The van der Waals surface area contributed by atoms with Gasteiger partial charge >= 0.3 is 0 Å². The van der Waals surface area contributed by atoms with Crippen molar-refractivity contribution < 1.29 is 0 Å². The molecule has 0 aliphatic carbocycles. The molecule has 2 aromatic rings. The molecule has 1 atom stereocenters. The van der Waals surface area contributed by atoms with Gasteiger partial charge in [0.25, 0.3) is 0 Å². The molecule has 0 radical (unpaired) electrons. The Kier molecular flexibility index (Phi) is 5.29. The van der Waals surface area contributed by atoms with Crippen LogP contribution in [0.3, 0.4) is 0 Å². The summed E-state index contributed by atoms with van der Waals surface area (Å²) in [6.45, 7) is 7.24. The quantitative estimate of drug-likeness (QED) is 0.817. The number of hydrogen-bond donors (Lipinski definition) is 2.